The van der Waals surface area contributed by atoms with Crippen molar-refractivity contribution in [2.45, 2.75) is 52.1 Å². The van der Waals surface area contributed by atoms with Crippen LogP contribution in [-0.4, -0.2) is 35.8 Å². The zero-order chi connectivity index (χ0) is 17.7. The van der Waals surface area contributed by atoms with E-state index < -0.39 is 0 Å². The molecule has 1 aromatic carbocycles. The lowest BCUT2D eigenvalue weighted by Crippen LogP contribution is -2.43. The lowest BCUT2D eigenvalue weighted by Gasteiger charge is -2.34. The van der Waals surface area contributed by atoms with E-state index in [0.29, 0.717) is 12.3 Å². The molecule has 140 valence electrons. The van der Waals surface area contributed by atoms with Crippen molar-refractivity contribution < 1.29 is 9.59 Å². The van der Waals surface area contributed by atoms with E-state index in [1.54, 1.807) is 0 Å². The number of hydrogen-bond acceptors (Lipinski definition) is 3. The van der Waals surface area contributed by atoms with Gasteiger partial charge in [-0.05, 0) is 38.2 Å². The molecule has 2 unspecified atom stereocenters. The summed E-state index contributed by atoms with van der Waals surface area (Å²) in [5, 5.41) is 2.91. The highest BCUT2D eigenvalue weighted by molar-refractivity contribution is 5.85. The number of piperidine rings is 1. The molecule has 0 saturated carbocycles. The molecule has 25 heavy (non-hydrogen) atoms. The van der Waals surface area contributed by atoms with Gasteiger partial charge in [0, 0.05) is 26.1 Å². The summed E-state index contributed by atoms with van der Waals surface area (Å²) >= 11 is 0. The van der Waals surface area contributed by atoms with Gasteiger partial charge in [-0.1, -0.05) is 29.8 Å². The molecule has 2 atom stereocenters. The van der Waals surface area contributed by atoms with Gasteiger partial charge in [0.1, 0.15) is 0 Å². The monoisotopic (exact) mass is 367 g/mol. The van der Waals surface area contributed by atoms with Crippen molar-refractivity contribution in [2.75, 3.05) is 13.1 Å². The molecular weight excluding hydrogens is 338 g/mol. The molecule has 1 aliphatic rings. The Labute approximate surface area is 156 Å². The van der Waals surface area contributed by atoms with Gasteiger partial charge >= 0.3 is 0 Å². The van der Waals surface area contributed by atoms with Crippen LogP contribution in [-0.2, 0) is 9.59 Å². The molecule has 1 aromatic rings. The van der Waals surface area contributed by atoms with Crippen molar-refractivity contribution in [3.63, 3.8) is 0 Å². The number of halogens is 1. The zero-order valence-corrected chi connectivity index (χ0v) is 16.1. The average Bonchev–Trinajstić information content (AvgIpc) is 2.54. The molecule has 2 amide bonds. The molecule has 1 fully saturated rings. The first-order chi connectivity index (χ1) is 11.4. The topological polar surface area (TPSA) is 75.4 Å². The number of nitrogens with one attached hydrogen (secondary N) is 1. The molecule has 6 heteroatoms. The van der Waals surface area contributed by atoms with Crippen molar-refractivity contribution in [1.82, 2.24) is 10.2 Å². The number of carbonyl (C=O) groups excluding carboxylic acids is 2. The average molecular weight is 368 g/mol. The Morgan fingerprint density at radius 3 is 2.28 bits per heavy atom. The maximum absolute atomic E-state index is 12.7. The fraction of sp³-hybridized carbons (Fsp3) is 0.579. The summed E-state index contributed by atoms with van der Waals surface area (Å²) in [4.78, 5) is 26.1. The second-order valence-electron chi connectivity index (χ2n) is 6.95. The van der Waals surface area contributed by atoms with Crippen LogP contribution in [0.25, 0.3) is 0 Å². The summed E-state index contributed by atoms with van der Waals surface area (Å²) in [6.07, 6.45) is 2.21. The number of carbonyl (C=O) groups is 2. The standard InChI is InChI=1S/C19H29N3O2.ClH/c1-13-4-6-17(7-5-13)18(21-15(3)23)12-19(24)22-10-8-16(9-11-22)14(2)20;/h4-7,14,16,18H,8-12,20H2,1-3H3,(H,21,23);1H. The second-order valence-corrected chi connectivity index (χ2v) is 6.95. The Morgan fingerprint density at radius 1 is 1.24 bits per heavy atom. The first-order valence-corrected chi connectivity index (χ1v) is 8.74. The Morgan fingerprint density at radius 2 is 1.80 bits per heavy atom. The number of benzene rings is 1. The predicted molar refractivity (Wildman–Crippen MR) is 103 cm³/mol. The Hall–Kier alpha value is -1.59. The summed E-state index contributed by atoms with van der Waals surface area (Å²) in [6, 6.07) is 7.87. The van der Waals surface area contributed by atoms with Gasteiger partial charge in [0.2, 0.25) is 11.8 Å². The van der Waals surface area contributed by atoms with Crippen LogP contribution in [0.1, 0.15) is 50.3 Å². The third-order valence-electron chi connectivity index (χ3n) is 4.87. The third kappa shape index (κ3) is 6.33. The van der Waals surface area contributed by atoms with Crippen molar-refractivity contribution in [3.05, 3.63) is 35.4 Å². The molecular formula is C19H30ClN3O2. The van der Waals surface area contributed by atoms with Gasteiger partial charge in [0.25, 0.3) is 0 Å². The van der Waals surface area contributed by atoms with E-state index in [2.05, 4.69) is 5.32 Å². The lowest BCUT2D eigenvalue weighted by atomic mass is 9.90. The molecule has 5 nitrogen and oxygen atoms in total. The molecule has 0 spiro atoms. The Bertz CT molecular complexity index is 567. The van der Waals surface area contributed by atoms with E-state index in [0.717, 1.165) is 37.1 Å². The van der Waals surface area contributed by atoms with Crippen LogP contribution in [0.15, 0.2) is 24.3 Å². The number of aryl methyl sites for hydroxylation is 1. The largest absolute Gasteiger partial charge is 0.349 e. The summed E-state index contributed by atoms with van der Waals surface area (Å²) in [5.41, 5.74) is 8.09. The van der Waals surface area contributed by atoms with Gasteiger partial charge in [-0.25, -0.2) is 0 Å². The molecule has 2 rings (SSSR count). The minimum Gasteiger partial charge on any atom is -0.349 e. The molecule has 1 aliphatic heterocycles. The zero-order valence-electron chi connectivity index (χ0n) is 15.3. The summed E-state index contributed by atoms with van der Waals surface area (Å²) < 4.78 is 0. The lowest BCUT2D eigenvalue weighted by molar-refractivity contribution is -0.133. The van der Waals surface area contributed by atoms with Crippen LogP contribution in [0.3, 0.4) is 0 Å². The summed E-state index contributed by atoms with van der Waals surface area (Å²) in [6.45, 7) is 7.05. The maximum Gasteiger partial charge on any atom is 0.224 e. The molecule has 1 heterocycles. The SMILES string of the molecule is CC(=O)NC(CC(=O)N1CCC(C(C)N)CC1)c1ccc(C)cc1.Cl. The third-order valence-corrected chi connectivity index (χ3v) is 4.87. The van der Waals surface area contributed by atoms with Crippen molar-refractivity contribution in [2.24, 2.45) is 11.7 Å². The van der Waals surface area contributed by atoms with Gasteiger partial charge in [-0.3, -0.25) is 9.59 Å². The smallest absolute Gasteiger partial charge is 0.224 e. The summed E-state index contributed by atoms with van der Waals surface area (Å²) in [5.74, 6) is 0.471. The van der Waals surface area contributed by atoms with Gasteiger partial charge < -0.3 is 16.0 Å². The fourth-order valence-corrected chi connectivity index (χ4v) is 3.27. The first kappa shape index (κ1) is 21.5. The minimum atomic E-state index is -0.276. The van der Waals surface area contributed by atoms with Crippen LogP contribution >= 0.6 is 12.4 Å². The number of nitrogens with two attached hydrogens (primary N) is 1. The van der Waals surface area contributed by atoms with Gasteiger partial charge in [-0.2, -0.15) is 0 Å². The van der Waals surface area contributed by atoms with E-state index in [-0.39, 0.29) is 36.3 Å². The summed E-state index contributed by atoms with van der Waals surface area (Å²) in [7, 11) is 0. The normalized spacial score (nSPS) is 17.4. The number of rotatable bonds is 5. The molecule has 0 aliphatic carbocycles. The Balaban J connectivity index is 0.00000312. The molecule has 0 bridgehead atoms. The van der Waals surface area contributed by atoms with Crippen LogP contribution in [0.4, 0.5) is 0 Å². The highest BCUT2D eigenvalue weighted by Crippen LogP contribution is 2.23. The van der Waals surface area contributed by atoms with E-state index >= 15 is 0 Å². The van der Waals surface area contributed by atoms with Gasteiger partial charge in [0.15, 0.2) is 0 Å². The van der Waals surface area contributed by atoms with E-state index in [1.807, 2.05) is 43.0 Å². The first-order valence-electron chi connectivity index (χ1n) is 8.74. The highest BCUT2D eigenvalue weighted by Gasteiger charge is 2.27. The van der Waals surface area contributed by atoms with E-state index in [4.69, 9.17) is 5.73 Å². The number of likely N-dealkylation sites (tertiary alicyclic amines) is 1. The highest BCUT2D eigenvalue weighted by atomic mass is 35.5. The molecule has 3 N–H and O–H groups in total. The quantitative estimate of drug-likeness (QED) is 0.839. The van der Waals surface area contributed by atoms with Crippen molar-refractivity contribution in [3.8, 4) is 0 Å². The molecule has 0 aromatic heterocycles. The maximum atomic E-state index is 12.7. The van der Waals surface area contributed by atoms with Crippen LogP contribution in [0.5, 0.6) is 0 Å². The van der Waals surface area contributed by atoms with Crippen LogP contribution in [0, 0.1) is 12.8 Å². The van der Waals surface area contributed by atoms with E-state index in [9.17, 15) is 9.59 Å². The van der Waals surface area contributed by atoms with Crippen LogP contribution in [0.2, 0.25) is 0 Å². The molecule has 0 radical (unpaired) electrons. The second kappa shape index (κ2) is 9.78. The number of hydrogen-bond donors (Lipinski definition) is 2. The van der Waals surface area contributed by atoms with E-state index in [1.165, 1.54) is 6.92 Å². The number of amides is 2. The van der Waals surface area contributed by atoms with Crippen molar-refractivity contribution in [1.29, 1.82) is 0 Å². The fourth-order valence-electron chi connectivity index (χ4n) is 3.27. The predicted octanol–water partition coefficient (Wildman–Crippen LogP) is 2.57. The van der Waals surface area contributed by atoms with Crippen LogP contribution < -0.4 is 11.1 Å². The Kier molecular flexibility index (Phi) is 8.39. The minimum absolute atomic E-state index is 0. The molecule has 1 saturated heterocycles. The van der Waals surface area contributed by atoms with Crippen molar-refractivity contribution >= 4 is 24.2 Å². The van der Waals surface area contributed by atoms with Gasteiger partial charge in [-0.15, -0.1) is 12.4 Å². The number of nitrogens with zero attached hydrogens (tertiary/aromatic N) is 1. The van der Waals surface area contributed by atoms with Gasteiger partial charge in [0.05, 0.1) is 12.5 Å².